The molecule has 92 valence electrons. The number of carboxylic acids is 1. The topological polar surface area (TPSA) is 72.6 Å². The third-order valence-electron chi connectivity index (χ3n) is 2.92. The normalized spacial score (nSPS) is 17.3. The summed E-state index contributed by atoms with van der Waals surface area (Å²) in [5.74, 6) is -0.570. The molecule has 0 spiro atoms. The summed E-state index contributed by atoms with van der Waals surface area (Å²) in [5, 5.41) is 9.39. The standard InChI is InChI=1S/C12H14ClNO3/c13-7-4-5-10(17-8-2-1-3-8)9(6-7)11(14)12(15)16/h4-6,8,11H,1-3,14H2,(H,15,16). The number of hydrogen-bond acceptors (Lipinski definition) is 3. The van der Waals surface area contributed by atoms with Crippen molar-refractivity contribution in [1.29, 1.82) is 0 Å². The van der Waals surface area contributed by atoms with E-state index in [1.165, 1.54) is 0 Å². The summed E-state index contributed by atoms with van der Waals surface area (Å²) in [6, 6.07) is 3.80. The molecule has 17 heavy (non-hydrogen) atoms. The van der Waals surface area contributed by atoms with Crippen molar-refractivity contribution in [3.05, 3.63) is 28.8 Å². The molecule has 5 heteroatoms. The summed E-state index contributed by atoms with van der Waals surface area (Å²) >= 11 is 5.85. The zero-order valence-electron chi connectivity index (χ0n) is 9.23. The van der Waals surface area contributed by atoms with Crippen LogP contribution in [0.3, 0.4) is 0 Å². The Hall–Kier alpha value is -1.26. The molecule has 1 atom stereocenters. The van der Waals surface area contributed by atoms with Crippen LogP contribution in [-0.4, -0.2) is 17.2 Å². The average Bonchev–Trinajstić information content (AvgIpc) is 2.23. The van der Waals surface area contributed by atoms with Crippen molar-refractivity contribution in [2.24, 2.45) is 5.73 Å². The van der Waals surface area contributed by atoms with Crippen molar-refractivity contribution < 1.29 is 14.6 Å². The molecule has 1 saturated carbocycles. The maximum Gasteiger partial charge on any atom is 0.325 e. The molecule has 0 radical (unpaired) electrons. The third-order valence-corrected chi connectivity index (χ3v) is 3.15. The fraction of sp³-hybridized carbons (Fsp3) is 0.417. The SMILES string of the molecule is NC(C(=O)O)c1cc(Cl)ccc1OC1CCC1. The van der Waals surface area contributed by atoms with Crippen LogP contribution >= 0.6 is 11.6 Å². The quantitative estimate of drug-likeness (QED) is 0.866. The van der Waals surface area contributed by atoms with Crippen LogP contribution in [0, 0.1) is 0 Å². The summed E-state index contributed by atoms with van der Waals surface area (Å²) in [6.45, 7) is 0. The number of nitrogens with two attached hydrogens (primary N) is 1. The first-order chi connectivity index (χ1) is 8.08. The third kappa shape index (κ3) is 2.70. The molecule has 1 fully saturated rings. The summed E-state index contributed by atoms with van der Waals surface area (Å²) in [6.07, 6.45) is 3.34. The van der Waals surface area contributed by atoms with E-state index in [1.54, 1.807) is 18.2 Å². The molecule has 1 aliphatic carbocycles. The summed E-state index contributed by atoms with van der Waals surface area (Å²) < 4.78 is 5.71. The largest absolute Gasteiger partial charge is 0.490 e. The second kappa shape index (κ2) is 4.94. The van der Waals surface area contributed by atoms with Crippen LogP contribution in [0.1, 0.15) is 30.9 Å². The van der Waals surface area contributed by atoms with E-state index in [1.807, 2.05) is 0 Å². The predicted octanol–water partition coefficient (Wildman–Crippen LogP) is 2.36. The summed E-state index contributed by atoms with van der Waals surface area (Å²) in [4.78, 5) is 10.9. The van der Waals surface area contributed by atoms with Gasteiger partial charge in [-0.1, -0.05) is 11.6 Å². The van der Waals surface area contributed by atoms with Gasteiger partial charge in [0.1, 0.15) is 11.8 Å². The van der Waals surface area contributed by atoms with Gasteiger partial charge in [-0.25, -0.2) is 0 Å². The lowest BCUT2D eigenvalue weighted by Crippen LogP contribution is -2.27. The first-order valence-electron chi connectivity index (χ1n) is 5.52. The smallest absolute Gasteiger partial charge is 0.325 e. The number of benzene rings is 1. The zero-order chi connectivity index (χ0) is 12.4. The van der Waals surface area contributed by atoms with Crippen molar-refractivity contribution in [2.45, 2.75) is 31.4 Å². The Morgan fingerprint density at radius 1 is 1.53 bits per heavy atom. The van der Waals surface area contributed by atoms with Crippen molar-refractivity contribution in [2.75, 3.05) is 0 Å². The van der Waals surface area contributed by atoms with Crippen molar-refractivity contribution in [3.8, 4) is 5.75 Å². The zero-order valence-corrected chi connectivity index (χ0v) is 9.98. The molecular weight excluding hydrogens is 242 g/mol. The van der Waals surface area contributed by atoms with Crippen LogP contribution in [-0.2, 0) is 4.79 Å². The molecule has 1 aromatic carbocycles. The highest BCUT2D eigenvalue weighted by atomic mass is 35.5. The molecule has 1 aliphatic rings. The Morgan fingerprint density at radius 2 is 2.24 bits per heavy atom. The monoisotopic (exact) mass is 255 g/mol. The Balaban J connectivity index is 2.26. The number of ether oxygens (including phenoxy) is 1. The Labute approximate surface area is 104 Å². The molecule has 0 amide bonds. The van der Waals surface area contributed by atoms with Gasteiger partial charge in [0.2, 0.25) is 0 Å². The number of hydrogen-bond donors (Lipinski definition) is 2. The van der Waals surface area contributed by atoms with Gasteiger partial charge in [-0.15, -0.1) is 0 Å². The first-order valence-corrected chi connectivity index (χ1v) is 5.90. The van der Waals surface area contributed by atoms with Gasteiger partial charge >= 0.3 is 5.97 Å². The molecule has 0 heterocycles. The maximum atomic E-state index is 10.9. The lowest BCUT2D eigenvalue weighted by Gasteiger charge is -2.28. The van der Waals surface area contributed by atoms with E-state index >= 15 is 0 Å². The second-order valence-electron chi connectivity index (χ2n) is 4.17. The summed E-state index contributed by atoms with van der Waals surface area (Å²) in [5.41, 5.74) is 6.03. The number of carboxylic acid groups (broad SMARTS) is 1. The van der Waals surface area contributed by atoms with Gasteiger partial charge < -0.3 is 15.6 Å². The van der Waals surface area contributed by atoms with Gasteiger partial charge in [0, 0.05) is 10.6 Å². The molecular formula is C12H14ClNO3. The van der Waals surface area contributed by atoms with Crippen LogP contribution in [0.15, 0.2) is 18.2 Å². The minimum Gasteiger partial charge on any atom is -0.490 e. The number of aliphatic carboxylic acids is 1. The predicted molar refractivity (Wildman–Crippen MR) is 64.3 cm³/mol. The molecule has 2 rings (SSSR count). The Morgan fingerprint density at radius 3 is 2.76 bits per heavy atom. The van der Waals surface area contributed by atoms with E-state index in [2.05, 4.69) is 0 Å². The van der Waals surface area contributed by atoms with Gasteiger partial charge in [0.15, 0.2) is 0 Å². The highest BCUT2D eigenvalue weighted by Gasteiger charge is 2.24. The van der Waals surface area contributed by atoms with Gasteiger partial charge in [0.25, 0.3) is 0 Å². The molecule has 0 aromatic heterocycles. The highest BCUT2D eigenvalue weighted by molar-refractivity contribution is 6.30. The average molecular weight is 256 g/mol. The minimum atomic E-state index is -1.11. The molecule has 1 aromatic rings. The van der Waals surface area contributed by atoms with Crippen LogP contribution in [0.5, 0.6) is 5.75 Å². The van der Waals surface area contributed by atoms with Crippen LogP contribution in [0.2, 0.25) is 5.02 Å². The Bertz CT molecular complexity index is 432. The molecule has 4 nitrogen and oxygen atoms in total. The van der Waals surface area contributed by atoms with Crippen molar-refractivity contribution >= 4 is 17.6 Å². The lowest BCUT2D eigenvalue weighted by atomic mass is 9.96. The molecule has 0 aliphatic heterocycles. The number of carbonyl (C=O) groups is 1. The van der Waals surface area contributed by atoms with Crippen molar-refractivity contribution in [3.63, 3.8) is 0 Å². The number of rotatable bonds is 4. The van der Waals surface area contributed by atoms with E-state index in [0.29, 0.717) is 16.3 Å². The maximum absolute atomic E-state index is 10.9. The highest BCUT2D eigenvalue weighted by Crippen LogP contribution is 2.32. The van der Waals surface area contributed by atoms with Crippen molar-refractivity contribution in [1.82, 2.24) is 0 Å². The van der Waals surface area contributed by atoms with Gasteiger partial charge in [-0.3, -0.25) is 4.79 Å². The molecule has 0 saturated heterocycles. The van der Waals surface area contributed by atoms with Crippen LogP contribution < -0.4 is 10.5 Å². The van der Waals surface area contributed by atoms with Gasteiger partial charge in [0.05, 0.1) is 6.10 Å². The summed E-state index contributed by atoms with van der Waals surface area (Å²) in [7, 11) is 0. The van der Waals surface area contributed by atoms with Crippen LogP contribution in [0.4, 0.5) is 0 Å². The minimum absolute atomic E-state index is 0.177. The van der Waals surface area contributed by atoms with E-state index in [9.17, 15) is 4.79 Å². The molecule has 0 bridgehead atoms. The molecule has 3 N–H and O–H groups in total. The van der Waals surface area contributed by atoms with Gasteiger partial charge in [-0.05, 0) is 37.5 Å². The Kier molecular flexibility index (Phi) is 3.54. The van der Waals surface area contributed by atoms with Gasteiger partial charge in [-0.2, -0.15) is 0 Å². The van der Waals surface area contributed by atoms with E-state index in [-0.39, 0.29) is 6.10 Å². The fourth-order valence-corrected chi connectivity index (χ4v) is 1.85. The van der Waals surface area contributed by atoms with E-state index in [4.69, 9.17) is 27.2 Å². The lowest BCUT2D eigenvalue weighted by molar-refractivity contribution is -0.138. The number of halogens is 1. The fourth-order valence-electron chi connectivity index (χ4n) is 1.67. The van der Waals surface area contributed by atoms with E-state index in [0.717, 1.165) is 19.3 Å². The first kappa shape index (κ1) is 12.2. The second-order valence-corrected chi connectivity index (χ2v) is 4.61. The molecule has 1 unspecified atom stereocenters. The van der Waals surface area contributed by atoms with E-state index < -0.39 is 12.0 Å². The van der Waals surface area contributed by atoms with Crippen LogP contribution in [0.25, 0.3) is 0 Å².